The second kappa shape index (κ2) is 11.6. The first-order valence-corrected chi connectivity index (χ1v) is 9.76. The molecule has 6 nitrogen and oxygen atoms in total. The molecule has 0 fully saturated rings. The summed E-state index contributed by atoms with van der Waals surface area (Å²) < 4.78 is 5.20. The zero-order chi connectivity index (χ0) is 21.1. The first-order valence-electron chi connectivity index (χ1n) is 9.76. The lowest BCUT2D eigenvalue weighted by Gasteiger charge is -2.23. The van der Waals surface area contributed by atoms with Crippen LogP contribution in [0.15, 0.2) is 60.7 Å². The van der Waals surface area contributed by atoms with E-state index in [2.05, 4.69) is 10.6 Å². The Kier molecular flexibility index (Phi) is 8.89. The Morgan fingerprint density at radius 1 is 0.931 bits per heavy atom. The fourth-order valence-electron chi connectivity index (χ4n) is 2.84. The maximum Gasteiger partial charge on any atom is 0.408 e. The first kappa shape index (κ1) is 22.1. The molecule has 2 N–H and O–H groups in total. The molecule has 154 valence electrons. The molecule has 2 aromatic rings. The van der Waals surface area contributed by atoms with Gasteiger partial charge in [-0.3, -0.25) is 4.79 Å². The number of nitrogens with one attached hydrogen (secondary N) is 2. The van der Waals surface area contributed by atoms with E-state index in [0.717, 1.165) is 17.4 Å². The van der Waals surface area contributed by atoms with Crippen LogP contribution in [0.1, 0.15) is 31.4 Å². The van der Waals surface area contributed by atoms with Crippen molar-refractivity contribution < 1.29 is 19.1 Å². The van der Waals surface area contributed by atoms with E-state index < -0.39 is 24.1 Å². The van der Waals surface area contributed by atoms with Gasteiger partial charge in [0.05, 0.1) is 6.04 Å². The number of hydrogen-bond acceptors (Lipinski definition) is 4. The third-order valence-electron chi connectivity index (χ3n) is 4.51. The lowest BCUT2D eigenvalue weighted by molar-refractivity contribution is -0.126. The zero-order valence-corrected chi connectivity index (χ0v) is 16.8. The SMILES string of the molecule is CC(C)[C@H](NC(=O)OCc1ccccc1)C(=O)N[C@H](C=O)CCc1ccccc1. The van der Waals surface area contributed by atoms with Crippen molar-refractivity contribution in [1.29, 1.82) is 0 Å². The van der Waals surface area contributed by atoms with Crippen LogP contribution < -0.4 is 10.6 Å². The molecule has 0 aliphatic carbocycles. The van der Waals surface area contributed by atoms with E-state index in [1.54, 1.807) is 0 Å². The average Bonchev–Trinajstić information content (AvgIpc) is 2.74. The standard InChI is InChI=1S/C23H28N2O4/c1-17(2)21(25-23(28)29-16-19-11-7-4-8-12-19)22(27)24-20(15-26)14-13-18-9-5-3-6-10-18/h3-12,15,17,20-21H,13-14,16H2,1-2H3,(H,24,27)(H,25,28)/t20-,21-/m0/s1. The van der Waals surface area contributed by atoms with Gasteiger partial charge in [-0.1, -0.05) is 74.5 Å². The number of carbonyl (C=O) groups excluding carboxylic acids is 3. The summed E-state index contributed by atoms with van der Waals surface area (Å²) in [4.78, 5) is 36.2. The molecular formula is C23H28N2O4. The summed E-state index contributed by atoms with van der Waals surface area (Å²) in [5.74, 6) is -0.567. The van der Waals surface area contributed by atoms with Crippen molar-refractivity contribution >= 4 is 18.3 Å². The van der Waals surface area contributed by atoms with Gasteiger partial charge >= 0.3 is 6.09 Å². The second-order valence-corrected chi connectivity index (χ2v) is 7.20. The Balaban J connectivity index is 1.86. The van der Waals surface area contributed by atoms with Gasteiger partial charge in [-0.15, -0.1) is 0 Å². The van der Waals surface area contributed by atoms with Gasteiger partial charge in [-0.2, -0.15) is 0 Å². The van der Waals surface area contributed by atoms with E-state index in [-0.39, 0.29) is 12.5 Å². The summed E-state index contributed by atoms with van der Waals surface area (Å²) in [5.41, 5.74) is 1.95. The van der Waals surface area contributed by atoms with E-state index in [0.29, 0.717) is 12.8 Å². The molecule has 2 rings (SSSR count). The van der Waals surface area contributed by atoms with Crippen LogP contribution in [-0.2, 0) is 27.4 Å². The first-order chi connectivity index (χ1) is 14.0. The highest BCUT2D eigenvalue weighted by Crippen LogP contribution is 2.07. The van der Waals surface area contributed by atoms with Gasteiger partial charge in [0.2, 0.25) is 5.91 Å². The Hall–Kier alpha value is -3.15. The van der Waals surface area contributed by atoms with Crippen molar-refractivity contribution in [2.45, 2.75) is 45.4 Å². The van der Waals surface area contributed by atoms with Gasteiger partial charge in [0.1, 0.15) is 18.9 Å². The number of aldehydes is 1. The third kappa shape index (κ3) is 7.78. The largest absolute Gasteiger partial charge is 0.445 e. The van der Waals surface area contributed by atoms with Crippen LogP contribution in [0.4, 0.5) is 4.79 Å². The van der Waals surface area contributed by atoms with Crippen molar-refractivity contribution in [2.24, 2.45) is 5.92 Å². The van der Waals surface area contributed by atoms with Crippen LogP contribution in [-0.4, -0.2) is 30.4 Å². The monoisotopic (exact) mass is 396 g/mol. The van der Waals surface area contributed by atoms with Crippen molar-refractivity contribution in [1.82, 2.24) is 10.6 Å². The van der Waals surface area contributed by atoms with Crippen LogP contribution in [0.3, 0.4) is 0 Å². The Morgan fingerprint density at radius 3 is 2.07 bits per heavy atom. The van der Waals surface area contributed by atoms with Crippen LogP contribution in [0.2, 0.25) is 0 Å². The number of rotatable bonds is 10. The summed E-state index contributed by atoms with van der Waals surface area (Å²) >= 11 is 0. The molecule has 0 bridgehead atoms. The molecule has 2 aromatic carbocycles. The van der Waals surface area contributed by atoms with Gasteiger partial charge in [0.15, 0.2) is 0 Å². The fraction of sp³-hybridized carbons (Fsp3) is 0.348. The molecule has 0 radical (unpaired) electrons. The minimum Gasteiger partial charge on any atom is -0.445 e. The molecule has 0 saturated heterocycles. The minimum atomic E-state index is -0.794. The van der Waals surface area contributed by atoms with Crippen molar-refractivity contribution in [3.8, 4) is 0 Å². The zero-order valence-electron chi connectivity index (χ0n) is 16.8. The summed E-state index contributed by atoms with van der Waals surface area (Å²) in [7, 11) is 0. The van der Waals surface area contributed by atoms with Gasteiger partial charge in [-0.25, -0.2) is 4.79 Å². The normalized spacial score (nSPS) is 12.7. The van der Waals surface area contributed by atoms with Crippen molar-refractivity contribution in [3.05, 3.63) is 71.8 Å². The predicted molar refractivity (Wildman–Crippen MR) is 111 cm³/mol. The number of aryl methyl sites for hydroxylation is 1. The van der Waals surface area contributed by atoms with Gasteiger partial charge < -0.3 is 20.2 Å². The molecule has 29 heavy (non-hydrogen) atoms. The molecule has 0 aromatic heterocycles. The number of ether oxygens (including phenoxy) is 1. The number of benzene rings is 2. The third-order valence-corrected chi connectivity index (χ3v) is 4.51. The second-order valence-electron chi connectivity index (χ2n) is 7.20. The lowest BCUT2D eigenvalue weighted by atomic mass is 10.0. The Morgan fingerprint density at radius 2 is 1.52 bits per heavy atom. The molecule has 0 aliphatic rings. The highest BCUT2D eigenvalue weighted by Gasteiger charge is 2.26. The van der Waals surface area contributed by atoms with Crippen molar-refractivity contribution in [2.75, 3.05) is 0 Å². The summed E-state index contributed by atoms with van der Waals surface area (Å²) in [6.07, 6.45) is 1.22. The smallest absolute Gasteiger partial charge is 0.408 e. The Bertz CT molecular complexity index is 778. The van der Waals surface area contributed by atoms with Crippen molar-refractivity contribution in [3.63, 3.8) is 0 Å². The maximum absolute atomic E-state index is 12.6. The molecule has 6 heteroatoms. The van der Waals surface area contributed by atoms with Gasteiger partial charge in [0, 0.05) is 0 Å². The molecule has 0 unspecified atom stereocenters. The van der Waals surface area contributed by atoms with Crippen LogP contribution in [0.5, 0.6) is 0 Å². The minimum absolute atomic E-state index is 0.118. The van der Waals surface area contributed by atoms with E-state index in [1.807, 2.05) is 74.5 Å². The van der Waals surface area contributed by atoms with E-state index in [9.17, 15) is 14.4 Å². The van der Waals surface area contributed by atoms with Gasteiger partial charge in [-0.05, 0) is 29.9 Å². The topological polar surface area (TPSA) is 84.5 Å². The fourth-order valence-corrected chi connectivity index (χ4v) is 2.84. The highest BCUT2D eigenvalue weighted by molar-refractivity contribution is 5.87. The molecule has 0 spiro atoms. The number of amides is 2. The predicted octanol–water partition coefficient (Wildman–Crippen LogP) is 3.25. The number of alkyl carbamates (subject to hydrolysis) is 1. The quantitative estimate of drug-likeness (QED) is 0.604. The number of carbonyl (C=O) groups is 3. The molecule has 2 atom stereocenters. The summed E-state index contributed by atoms with van der Waals surface area (Å²) in [6, 6.07) is 17.6. The lowest BCUT2D eigenvalue weighted by Crippen LogP contribution is -2.52. The maximum atomic E-state index is 12.6. The summed E-state index contributed by atoms with van der Waals surface area (Å²) in [5, 5.41) is 5.32. The van der Waals surface area contributed by atoms with E-state index in [1.165, 1.54) is 0 Å². The van der Waals surface area contributed by atoms with Crippen LogP contribution in [0, 0.1) is 5.92 Å². The molecule has 0 aliphatic heterocycles. The van der Waals surface area contributed by atoms with Gasteiger partial charge in [0.25, 0.3) is 0 Å². The molecule has 0 saturated carbocycles. The van der Waals surface area contributed by atoms with E-state index in [4.69, 9.17) is 4.74 Å². The Labute approximate surface area is 171 Å². The number of hydrogen-bond donors (Lipinski definition) is 2. The average molecular weight is 396 g/mol. The molecular weight excluding hydrogens is 368 g/mol. The highest BCUT2D eigenvalue weighted by atomic mass is 16.5. The summed E-state index contributed by atoms with van der Waals surface area (Å²) in [6.45, 7) is 3.76. The van der Waals surface area contributed by atoms with E-state index >= 15 is 0 Å². The molecule has 0 heterocycles. The van der Waals surface area contributed by atoms with Crippen LogP contribution >= 0.6 is 0 Å². The molecule has 2 amide bonds. The van der Waals surface area contributed by atoms with Crippen LogP contribution in [0.25, 0.3) is 0 Å².